The Hall–Kier alpha value is 0.110. The summed E-state index contributed by atoms with van der Waals surface area (Å²) in [5.41, 5.74) is 1.83. The molecule has 0 aliphatic heterocycles. The molecule has 2 rings (SSSR count). The van der Waals surface area contributed by atoms with Crippen molar-refractivity contribution in [1.29, 1.82) is 0 Å². The Morgan fingerprint density at radius 2 is 1.00 bits per heavy atom. The van der Waals surface area contributed by atoms with Crippen molar-refractivity contribution in [2.45, 2.75) is 13.2 Å². The van der Waals surface area contributed by atoms with Crippen molar-refractivity contribution in [3.05, 3.63) is 59.7 Å². The first-order valence-electron chi connectivity index (χ1n) is 5.70. The second-order valence-electron chi connectivity index (χ2n) is 4.07. The summed E-state index contributed by atoms with van der Waals surface area (Å²) < 4.78 is 2.47. The molecule has 0 saturated carbocycles. The van der Waals surface area contributed by atoms with E-state index in [2.05, 4.69) is 49.8 Å². The van der Waals surface area contributed by atoms with Gasteiger partial charge in [-0.3, -0.25) is 0 Å². The van der Waals surface area contributed by atoms with E-state index in [1.165, 1.54) is 7.22 Å². The summed E-state index contributed by atoms with van der Waals surface area (Å²) in [6, 6.07) is 16.0. The fraction of sp³-hybridized carbons (Fsp3) is 0.143. The third-order valence-corrected chi connectivity index (χ3v) is 17.8. The van der Waals surface area contributed by atoms with Gasteiger partial charge in [-0.05, 0) is 0 Å². The van der Waals surface area contributed by atoms with Crippen LogP contribution in [0.15, 0.2) is 48.5 Å². The molecule has 0 aliphatic rings. The van der Waals surface area contributed by atoms with Gasteiger partial charge in [-0.2, -0.15) is 0 Å². The molecule has 0 aliphatic carbocycles. The monoisotopic (exact) mass is 502 g/mol. The molecular weight excluding hydrogens is 488 g/mol. The molecule has 2 N–H and O–H groups in total. The summed E-state index contributed by atoms with van der Waals surface area (Å²) in [6.45, 7) is 0.132. The molecule has 19 heavy (non-hydrogen) atoms. The topological polar surface area (TPSA) is 40.5 Å². The molecule has 0 saturated heterocycles. The van der Waals surface area contributed by atoms with Crippen molar-refractivity contribution >= 4 is 46.5 Å². The average molecular weight is 502 g/mol. The molecule has 0 unspecified atom stereocenters. The summed E-state index contributed by atoms with van der Waals surface area (Å²) in [7, 11) is 0. The number of halogens is 2. The van der Waals surface area contributed by atoms with Gasteiger partial charge in [0, 0.05) is 0 Å². The fourth-order valence-corrected chi connectivity index (χ4v) is 11.0. The van der Waals surface area contributed by atoms with E-state index in [4.69, 9.17) is 10.2 Å². The van der Waals surface area contributed by atoms with Crippen molar-refractivity contribution in [1.82, 2.24) is 0 Å². The number of aliphatic hydroxyl groups is 2. The van der Waals surface area contributed by atoms with E-state index >= 15 is 0 Å². The number of aliphatic hydroxyl groups excluding tert-OH is 2. The Labute approximate surface area is 128 Å². The van der Waals surface area contributed by atoms with Crippen LogP contribution in [0.2, 0.25) is 0 Å². The molecule has 0 bridgehead atoms. The first-order valence-corrected chi connectivity index (χ1v) is 18.5. The van der Waals surface area contributed by atoms with Gasteiger partial charge in [0.15, 0.2) is 0 Å². The Morgan fingerprint density at radius 1 is 0.684 bits per heavy atom. The van der Waals surface area contributed by atoms with Crippen LogP contribution in [0.1, 0.15) is 11.1 Å². The van der Waals surface area contributed by atoms with E-state index < -0.39 is 13.8 Å². The first kappa shape index (κ1) is 15.5. The van der Waals surface area contributed by atoms with Crippen molar-refractivity contribution < 1.29 is 10.2 Å². The van der Waals surface area contributed by atoms with Gasteiger partial charge in [0.05, 0.1) is 0 Å². The summed E-state index contributed by atoms with van der Waals surface area (Å²) in [4.78, 5) is 0. The predicted molar refractivity (Wildman–Crippen MR) is 87.6 cm³/mol. The van der Waals surface area contributed by atoms with Crippen LogP contribution in [0.3, 0.4) is 0 Å². The zero-order valence-electron chi connectivity index (χ0n) is 10.1. The third kappa shape index (κ3) is 3.60. The van der Waals surface area contributed by atoms with E-state index in [1.807, 2.05) is 24.3 Å². The van der Waals surface area contributed by atoms with E-state index in [0.717, 1.165) is 11.1 Å². The van der Waals surface area contributed by atoms with Crippen molar-refractivity contribution in [3.8, 4) is 0 Å². The van der Waals surface area contributed by atoms with Crippen LogP contribution < -0.4 is 7.22 Å². The molecule has 2 aromatic rings. The first-order chi connectivity index (χ1) is 9.07. The van der Waals surface area contributed by atoms with Crippen LogP contribution in [-0.2, 0) is 13.2 Å². The van der Waals surface area contributed by atoms with Crippen LogP contribution in [0.4, 0.5) is 0 Å². The molecule has 0 atom stereocenters. The molecule has 0 spiro atoms. The molecular formula is C14H14Br2O2Te. The van der Waals surface area contributed by atoms with Gasteiger partial charge in [-0.1, -0.05) is 0 Å². The van der Waals surface area contributed by atoms with Gasteiger partial charge in [-0.15, -0.1) is 0 Å². The molecule has 102 valence electrons. The summed E-state index contributed by atoms with van der Waals surface area (Å²) in [5, 5.41) is 18.1. The van der Waals surface area contributed by atoms with Gasteiger partial charge < -0.3 is 0 Å². The number of hydrogen-bond acceptors (Lipinski definition) is 2. The van der Waals surface area contributed by atoms with E-state index in [9.17, 15) is 0 Å². The number of rotatable bonds is 4. The van der Waals surface area contributed by atoms with E-state index in [1.54, 1.807) is 0 Å². The molecule has 5 heteroatoms. The van der Waals surface area contributed by atoms with Gasteiger partial charge in [0.2, 0.25) is 0 Å². The molecule has 2 nitrogen and oxygen atoms in total. The standard InChI is InChI=1S/C14H14Br2O2Te/c15-19(16,13-5-1-11(9-17)2-6-13)14-7-3-12(10-18)4-8-14/h1-8,17-18H,9-10H2. The predicted octanol–water partition coefficient (Wildman–Crippen LogP) is 2.02. The summed E-state index contributed by atoms with van der Waals surface area (Å²) in [5.74, 6) is 0. The number of hydrogen-bond donors (Lipinski definition) is 2. The van der Waals surface area contributed by atoms with Crippen LogP contribution in [0.25, 0.3) is 0 Å². The Morgan fingerprint density at radius 3 is 1.26 bits per heavy atom. The maximum atomic E-state index is 9.07. The Kier molecular flexibility index (Phi) is 5.47. The van der Waals surface area contributed by atoms with Crippen LogP contribution in [0.5, 0.6) is 0 Å². The minimum atomic E-state index is -2.65. The Balaban J connectivity index is 2.33. The van der Waals surface area contributed by atoms with Crippen molar-refractivity contribution in [2.75, 3.05) is 0 Å². The normalized spacial score (nSPS) is 12.4. The minimum absolute atomic E-state index is 0.0658. The average Bonchev–Trinajstić information content (AvgIpc) is 2.47. The third-order valence-electron chi connectivity index (χ3n) is 2.80. The summed E-state index contributed by atoms with van der Waals surface area (Å²) >= 11 is 5.09. The molecule has 0 aromatic heterocycles. The zero-order valence-corrected chi connectivity index (χ0v) is 15.6. The Bertz CT molecular complexity index is 489. The van der Waals surface area contributed by atoms with E-state index in [-0.39, 0.29) is 13.2 Å². The van der Waals surface area contributed by atoms with Crippen LogP contribution in [0, 0.1) is 0 Å². The van der Waals surface area contributed by atoms with Gasteiger partial charge in [-0.25, -0.2) is 0 Å². The van der Waals surface area contributed by atoms with Gasteiger partial charge in [0.1, 0.15) is 0 Å². The molecule has 2 aromatic carbocycles. The maximum absolute atomic E-state index is 9.07. The second-order valence-corrected chi connectivity index (χ2v) is 28.3. The zero-order chi connectivity index (χ0) is 13.9. The quantitative estimate of drug-likeness (QED) is 0.630. The SMILES string of the molecule is OCc1ccc([Te](Br)(Br)c2ccc(CO)cc2)cc1. The molecule has 0 heterocycles. The van der Waals surface area contributed by atoms with Crippen molar-refractivity contribution in [2.24, 2.45) is 0 Å². The van der Waals surface area contributed by atoms with Crippen LogP contribution in [-0.4, -0.2) is 24.0 Å². The fourth-order valence-electron chi connectivity index (χ4n) is 1.67. The van der Waals surface area contributed by atoms with Gasteiger partial charge in [0.25, 0.3) is 0 Å². The molecule has 0 radical (unpaired) electrons. The number of benzene rings is 2. The molecule has 0 amide bonds. The van der Waals surface area contributed by atoms with Gasteiger partial charge >= 0.3 is 130 Å². The van der Waals surface area contributed by atoms with Crippen LogP contribution >= 0.6 is 25.5 Å². The molecule has 0 fully saturated rings. The van der Waals surface area contributed by atoms with E-state index in [0.29, 0.717) is 0 Å². The summed E-state index contributed by atoms with van der Waals surface area (Å²) in [6.07, 6.45) is 0. The van der Waals surface area contributed by atoms with Crippen molar-refractivity contribution in [3.63, 3.8) is 0 Å². The second kappa shape index (κ2) is 6.71.